The van der Waals surface area contributed by atoms with Crippen molar-refractivity contribution < 1.29 is 9.90 Å². The van der Waals surface area contributed by atoms with Crippen molar-refractivity contribution in [2.45, 2.75) is 40.0 Å². The van der Waals surface area contributed by atoms with Crippen molar-refractivity contribution in [1.29, 1.82) is 0 Å². The average Bonchev–Trinajstić information content (AvgIpc) is 2.99. The van der Waals surface area contributed by atoms with Gasteiger partial charge in [0.25, 0.3) is 11.5 Å². The van der Waals surface area contributed by atoms with Crippen LogP contribution >= 0.6 is 0 Å². The van der Waals surface area contributed by atoms with E-state index < -0.39 is 5.91 Å². The molecule has 2 aromatic carbocycles. The highest BCUT2D eigenvalue weighted by atomic mass is 16.3. The van der Waals surface area contributed by atoms with E-state index >= 15 is 0 Å². The summed E-state index contributed by atoms with van der Waals surface area (Å²) in [4.78, 5) is 25.2. The summed E-state index contributed by atoms with van der Waals surface area (Å²) in [5.41, 5.74) is 5.80. The molecular weight excluding hydrogens is 380 g/mol. The van der Waals surface area contributed by atoms with Gasteiger partial charge in [-0.25, -0.2) is 10.1 Å². The molecule has 0 radical (unpaired) electrons. The monoisotopic (exact) mass is 406 g/mol. The second-order valence-electron chi connectivity index (χ2n) is 8.24. The zero-order valence-electron chi connectivity index (χ0n) is 17.8. The van der Waals surface area contributed by atoms with Crippen molar-refractivity contribution in [3.63, 3.8) is 0 Å². The summed E-state index contributed by atoms with van der Waals surface area (Å²) in [5, 5.41) is 16.6. The summed E-state index contributed by atoms with van der Waals surface area (Å²) in [6.45, 7) is 9.85. The third kappa shape index (κ3) is 4.35. The van der Waals surface area contributed by atoms with Crippen molar-refractivity contribution in [1.82, 2.24) is 15.2 Å². The summed E-state index contributed by atoms with van der Waals surface area (Å²) >= 11 is 0. The number of aromatic nitrogens is 2. The summed E-state index contributed by atoms with van der Waals surface area (Å²) in [6, 6.07) is 13.8. The number of hydrogen-bond donors (Lipinski definition) is 3. The van der Waals surface area contributed by atoms with Gasteiger partial charge < -0.3 is 5.11 Å². The van der Waals surface area contributed by atoms with E-state index in [1.165, 1.54) is 22.4 Å². The van der Waals surface area contributed by atoms with E-state index in [1.807, 2.05) is 24.3 Å². The summed E-state index contributed by atoms with van der Waals surface area (Å²) < 4.78 is 1.47. The Balaban J connectivity index is 1.87. The fourth-order valence-electron chi connectivity index (χ4n) is 3.17. The lowest BCUT2D eigenvalue weighted by Crippen LogP contribution is -2.23. The average molecular weight is 406 g/mol. The first kappa shape index (κ1) is 21.1. The van der Waals surface area contributed by atoms with Gasteiger partial charge in [0, 0.05) is 11.3 Å². The fourth-order valence-corrected chi connectivity index (χ4v) is 3.17. The van der Waals surface area contributed by atoms with E-state index in [1.54, 1.807) is 26.0 Å². The molecule has 0 saturated heterocycles. The van der Waals surface area contributed by atoms with Crippen LogP contribution < -0.4 is 11.0 Å². The van der Waals surface area contributed by atoms with E-state index in [9.17, 15) is 14.7 Å². The zero-order valence-corrected chi connectivity index (χ0v) is 17.8. The lowest BCUT2D eigenvalue weighted by Gasteiger charge is -2.19. The van der Waals surface area contributed by atoms with Crippen molar-refractivity contribution in [2.24, 2.45) is 5.10 Å². The third-order valence-electron chi connectivity index (χ3n) is 4.86. The molecule has 7 heteroatoms. The minimum atomic E-state index is -0.475. The smallest absolute Gasteiger partial charge is 0.280 e. The Bertz CT molecular complexity index is 1160. The number of phenolic OH excluding ortho intramolecular Hbond substituents is 1. The van der Waals surface area contributed by atoms with Gasteiger partial charge in [0.05, 0.1) is 17.0 Å². The van der Waals surface area contributed by atoms with Crippen LogP contribution in [-0.2, 0) is 5.41 Å². The van der Waals surface area contributed by atoms with Gasteiger partial charge in [-0.2, -0.15) is 5.10 Å². The number of amides is 1. The number of carbonyl (C=O) groups excluding carboxylic acids is 1. The normalized spacial score (nSPS) is 12.1. The van der Waals surface area contributed by atoms with Gasteiger partial charge in [-0.1, -0.05) is 39.0 Å². The number of aromatic amines is 1. The standard InChI is InChI=1S/C23H26N4O3/c1-14(24-25-21(29)16-7-6-8-19(28)13-16)20-15(2)26-27(22(20)30)18-11-9-17(10-12-18)23(3,4)5/h6-13,26,28H,1-5H3,(H,25,29)/b24-14-. The predicted octanol–water partition coefficient (Wildman–Crippen LogP) is 3.63. The number of nitrogens with zero attached hydrogens (tertiary/aromatic N) is 2. The van der Waals surface area contributed by atoms with Gasteiger partial charge in [0.1, 0.15) is 5.75 Å². The molecule has 3 N–H and O–H groups in total. The van der Waals surface area contributed by atoms with Crippen molar-refractivity contribution in [2.75, 3.05) is 0 Å². The topological polar surface area (TPSA) is 99.5 Å². The van der Waals surface area contributed by atoms with Crippen LogP contribution in [-0.4, -0.2) is 26.5 Å². The molecule has 156 valence electrons. The van der Waals surface area contributed by atoms with Gasteiger partial charge in [-0.15, -0.1) is 0 Å². The molecular formula is C23H26N4O3. The lowest BCUT2D eigenvalue weighted by molar-refractivity contribution is 0.0954. The highest BCUT2D eigenvalue weighted by Gasteiger charge is 2.17. The van der Waals surface area contributed by atoms with Gasteiger partial charge in [0.15, 0.2) is 0 Å². The number of nitrogens with one attached hydrogen (secondary N) is 2. The summed E-state index contributed by atoms with van der Waals surface area (Å²) in [7, 11) is 0. The van der Waals surface area contributed by atoms with Gasteiger partial charge >= 0.3 is 0 Å². The molecule has 3 aromatic rings. The Hall–Kier alpha value is -3.61. The highest BCUT2D eigenvalue weighted by Crippen LogP contribution is 2.23. The van der Waals surface area contributed by atoms with E-state index in [0.29, 0.717) is 17.0 Å². The molecule has 0 unspecified atom stereocenters. The van der Waals surface area contributed by atoms with Crippen LogP contribution in [0, 0.1) is 6.92 Å². The number of phenols is 1. The second-order valence-corrected chi connectivity index (χ2v) is 8.24. The molecule has 0 aliphatic rings. The van der Waals surface area contributed by atoms with Crippen molar-refractivity contribution in [3.8, 4) is 11.4 Å². The summed E-state index contributed by atoms with van der Waals surface area (Å²) in [6.07, 6.45) is 0. The predicted molar refractivity (Wildman–Crippen MR) is 118 cm³/mol. The number of hydrazone groups is 1. The van der Waals surface area contributed by atoms with Gasteiger partial charge in [-0.05, 0) is 55.2 Å². The highest BCUT2D eigenvalue weighted by molar-refractivity contribution is 6.01. The van der Waals surface area contributed by atoms with Crippen LogP contribution in [0.3, 0.4) is 0 Å². The first-order valence-electron chi connectivity index (χ1n) is 9.64. The maximum atomic E-state index is 13.0. The first-order chi connectivity index (χ1) is 14.1. The lowest BCUT2D eigenvalue weighted by atomic mass is 9.87. The Morgan fingerprint density at radius 3 is 2.40 bits per heavy atom. The number of aryl methyl sites for hydroxylation is 1. The van der Waals surface area contributed by atoms with Gasteiger partial charge in [0.2, 0.25) is 0 Å². The molecule has 30 heavy (non-hydrogen) atoms. The Labute approximate surface area is 175 Å². The molecule has 3 rings (SSSR count). The van der Waals surface area contributed by atoms with E-state index in [-0.39, 0.29) is 22.3 Å². The number of hydrogen-bond acceptors (Lipinski definition) is 4. The number of H-pyrrole nitrogens is 1. The number of aromatic hydroxyl groups is 1. The Morgan fingerprint density at radius 2 is 1.80 bits per heavy atom. The molecule has 1 amide bonds. The fraction of sp³-hybridized carbons (Fsp3) is 0.261. The number of benzene rings is 2. The first-order valence-corrected chi connectivity index (χ1v) is 9.64. The third-order valence-corrected chi connectivity index (χ3v) is 4.86. The molecule has 0 saturated carbocycles. The second kappa shape index (κ2) is 8.02. The molecule has 0 aliphatic carbocycles. The molecule has 0 atom stereocenters. The van der Waals surface area contributed by atoms with Crippen LogP contribution in [0.15, 0.2) is 58.4 Å². The molecule has 0 aliphatic heterocycles. The minimum Gasteiger partial charge on any atom is -0.508 e. The maximum Gasteiger partial charge on any atom is 0.280 e. The van der Waals surface area contributed by atoms with E-state index in [4.69, 9.17) is 0 Å². The van der Waals surface area contributed by atoms with Crippen molar-refractivity contribution in [3.05, 3.63) is 81.3 Å². The van der Waals surface area contributed by atoms with E-state index in [0.717, 1.165) is 5.69 Å². The Morgan fingerprint density at radius 1 is 1.13 bits per heavy atom. The van der Waals surface area contributed by atoms with Crippen LogP contribution in [0.1, 0.15) is 54.9 Å². The SMILES string of the molecule is C/C(=N/NC(=O)c1cccc(O)c1)c1c(C)[nH]n(-c2ccc(C(C)(C)C)cc2)c1=O. The van der Waals surface area contributed by atoms with Crippen LogP contribution in [0.5, 0.6) is 5.75 Å². The Kier molecular flexibility index (Phi) is 5.64. The van der Waals surface area contributed by atoms with Gasteiger partial charge in [-0.3, -0.25) is 14.7 Å². The zero-order chi connectivity index (χ0) is 22.1. The minimum absolute atomic E-state index is 0.00908. The molecule has 1 aromatic heterocycles. The van der Waals surface area contributed by atoms with Crippen LogP contribution in [0.25, 0.3) is 5.69 Å². The van der Waals surface area contributed by atoms with Crippen LogP contribution in [0.4, 0.5) is 0 Å². The number of carbonyl (C=O) groups is 1. The molecule has 0 fully saturated rings. The maximum absolute atomic E-state index is 13.0. The number of rotatable bonds is 4. The quantitative estimate of drug-likeness (QED) is 0.456. The van der Waals surface area contributed by atoms with Crippen LogP contribution in [0.2, 0.25) is 0 Å². The molecule has 7 nitrogen and oxygen atoms in total. The molecule has 0 bridgehead atoms. The summed E-state index contributed by atoms with van der Waals surface area (Å²) in [5.74, 6) is -0.485. The van der Waals surface area contributed by atoms with E-state index in [2.05, 4.69) is 36.4 Å². The molecule has 1 heterocycles. The molecule has 0 spiro atoms. The largest absolute Gasteiger partial charge is 0.508 e. The van der Waals surface area contributed by atoms with Crippen molar-refractivity contribution >= 4 is 11.6 Å².